The molecule has 0 fully saturated rings. The highest BCUT2D eigenvalue weighted by Gasteiger charge is 2.31. The number of aldehydes is 1. The zero-order valence-corrected chi connectivity index (χ0v) is 9.05. The number of aromatic nitrogens is 2. The van der Waals surface area contributed by atoms with Crippen molar-refractivity contribution in [3.05, 3.63) is 35.2 Å². The largest absolute Gasteiger partial charge is 0.417 e. The second-order valence-electron chi connectivity index (χ2n) is 3.14. The molecule has 17 heavy (non-hydrogen) atoms. The second-order valence-corrected chi connectivity index (χ2v) is 4.20. The average molecular weight is 258 g/mol. The maximum absolute atomic E-state index is 12.4. The molecule has 0 saturated heterocycles. The first-order chi connectivity index (χ1) is 8.00. The van der Waals surface area contributed by atoms with Crippen molar-refractivity contribution in [1.29, 1.82) is 0 Å². The molecule has 2 aromatic rings. The van der Waals surface area contributed by atoms with Crippen molar-refractivity contribution in [1.82, 2.24) is 9.97 Å². The fraction of sp³-hybridized carbons (Fsp3) is 0.100. The number of pyridine rings is 1. The van der Waals surface area contributed by atoms with Gasteiger partial charge in [-0.05, 0) is 6.07 Å². The van der Waals surface area contributed by atoms with E-state index in [1.807, 2.05) is 0 Å². The van der Waals surface area contributed by atoms with Crippen LogP contribution in [-0.4, -0.2) is 16.3 Å². The smallest absolute Gasteiger partial charge is 0.295 e. The Balaban J connectivity index is 2.42. The molecular weight excluding hydrogens is 253 g/mol. The lowest BCUT2D eigenvalue weighted by Gasteiger charge is -2.06. The van der Waals surface area contributed by atoms with Crippen molar-refractivity contribution in [3.63, 3.8) is 0 Å². The highest BCUT2D eigenvalue weighted by Crippen LogP contribution is 2.32. The van der Waals surface area contributed by atoms with E-state index < -0.39 is 11.7 Å². The highest BCUT2D eigenvalue weighted by molar-refractivity contribution is 7.16. The minimum Gasteiger partial charge on any atom is -0.295 e. The maximum atomic E-state index is 12.4. The summed E-state index contributed by atoms with van der Waals surface area (Å²) < 4.78 is 37.3. The summed E-state index contributed by atoms with van der Waals surface area (Å²) in [6.07, 6.45) is -0.468. The third-order valence-electron chi connectivity index (χ3n) is 1.97. The zero-order chi connectivity index (χ0) is 12.5. The van der Waals surface area contributed by atoms with Crippen LogP contribution in [0.2, 0.25) is 0 Å². The maximum Gasteiger partial charge on any atom is 0.417 e. The topological polar surface area (TPSA) is 42.9 Å². The first kappa shape index (κ1) is 11.7. The molecule has 0 N–H and O–H groups in total. The first-order valence-corrected chi connectivity index (χ1v) is 5.26. The molecule has 2 aromatic heterocycles. The van der Waals surface area contributed by atoms with E-state index in [1.165, 1.54) is 12.4 Å². The van der Waals surface area contributed by atoms with Gasteiger partial charge in [0.15, 0.2) is 11.3 Å². The Hall–Kier alpha value is -1.76. The van der Waals surface area contributed by atoms with Gasteiger partial charge in [0.1, 0.15) is 0 Å². The van der Waals surface area contributed by atoms with Crippen molar-refractivity contribution in [3.8, 4) is 10.4 Å². The third kappa shape index (κ3) is 2.50. The summed E-state index contributed by atoms with van der Waals surface area (Å²) in [6, 6.07) is 0.981. The van der Waals surface area contributed by atoms with Gasteiger partial charge in [-0.15, -0.1) is 11.3 Å². The molecule has 88 valence electrons. The minimum atomic E-state index is -4.43. The predicted molar refractivity (Wildman–Crippen MR) is 55.7 cm³/mol. The van der Waals surface area contributed by atoms with Crippen LogP contribution >= 0.6 is 11.3 Å². The quantitative estimate of drug-likeness (QED) is 0.777. The standard InChI is InChI=1S/C10H5F3N2OS/c11-10(12,13)7-1-6(2-14-3-7)8-4-15-9(5-16)17-8/h1-5H. The van der Waals surface area contributed by atoms with Gasteiger partial charge >= 0.3 is 6.18 Å². The van der Waals surface area contributed by atoms with Gasteiger partial charge in [0, 0.05) is 24.2 Å². The van der Waals surface area contributed by atoms with Crippen LogP contribution < -0.4 is 0 Å². The molecule has 0 aliphatic carbocycles. The molecule has 0 aliphatic rings. The highest BCUT2D eigenvalue weighted by atomic mass is 32.1. The number of carbonyl (C=O) groups is 1. The normalized spacial score (nSPS) is 11.5. The van der Waals surface area contributed by atoms with Crippen molar-refractivity contribution >= 4 is 17.6 Å². The van der Waals surface area contributed by atoms with E-state index in [1.54, 1.807) is 0 Å². The van der Waals surface area contributed by atoms with Crippen LogP contribution in [0.25, 0.3) is 10.4 Å². The van der Waals surface area contributed by atoms with E-state index in [4.69, 9.17) is 0 Å². The summed E-state index contributed by atoms with van der Waals surface area (Å²) in [5.74, 6) is 0. The molecule has 3 nitrogen and oxygen atoms in total. The van der Waals surface area contributed by atoms with E-state index in [-0.39, 0.29) is 5.01 Å². The molecule has 0 radical (unpaired) electrons. The van der Waals surface area contributed by atoms with Crippen molar-refractivity contribution in [2.45, 2.75) is 6.18 Å². The summed E-state index contributed by atoms with van der Waals surface area (Å²) in [5.41, 5.74) is -0.526. The zero-order valence-electron chi connectivity index (χ0n) is 8.23. The molecule has 0 aliphatic heterocycles. The number of hydrogen-bond acceptors (Lipinski definition) is 4. The van der Waals surface area contributed by atoms with Crippen LogP contribution in [0.3, 0.4) is 0 Å². The average Bonchev–Trinajstić information content (AvgIpc) is 2.76. The van der Waals surface area contributed by atoms with Crippen LogP contribution in [0.1, 0.15) is 15.4 Å². The molecule has 7 heteroatoms. The number of thiazole rings is 1. The Labute approximate surface area is 98.0 Å². The van der Waals surface area contributed by atoms with Crippen molar-refractivity contribution < 1.29 is 18.0 Å². The van der Waals surface area contributed by atoms with E-state index in [9.17, 15) is 18.0 Å². The fourth-order valence-electron chi connectivity index (χ4n) is 1.21. The summed E-state index contributed by atoms with van der Waals surface area (Å²) in [5, 5.41) is 0.220. The van der Waals surface area contributed by atoms with Gasteiger partial charge < -0.3 is 0 Å². The van der Waals surface area contributed by atoms with Crippen molar-refractivity contribution in [2.75, 3.05) is 0 Å². The van der Waals surface area contributed by atoms with Gasteiger partial charge in [0.25, 0.3) is 0 Å². The van der Waals surface area contributed by atoms with Crippen LogP contribution in [0.5, 0.6) is 0 Å². The third-order valence-corrected chi connectivity index (χ3v) is 2.95. The fourth-order valence-corrected chi connectivity index (χ4v) is 1.92. The number of halogens is 3. The van der Waals surface area contributed by atoms with Gasteiger partial charge in [-0.1, -0.05) is 0 Å². The molecular formula is C10H5F3N2OS. The molecule has 0 bridgehead atoms. The molecule has 2 heterocycles. The van der Waals surface area contributed by atoms with E-state index in [0.29, 0.717) is 16.7 Å². The minimum absolute atomic E-state index is 0.220. The Morgan fingerprint density at radius 2 is 2.00 bits per heavy atom. The van der Waals surface area contributed by atoms with Gasteiger partial charge in [-0.2, -0.15) is 13.2 Å². The lowest BCUT2D eigenvalue weighted by molar-refractivity contribution is -0.137. The summed E-state index contributed by atoms with van der Waals surface area (Å²) in [7, 11) is 0. The Bertz CT molecular complexity index is 550. The number of hydrogen-bond donors (Lipinski definition) is 0. The van der Waals surface area contributed by atoms with Crippen LogP contribution in [0, 0.1) is 0 Å². The molecule has 0 amide bonds. The second kappa shape index (κ2) is 4.25. The lowest BCUT2D eigenvalue weighted by atomic mass is 10.2. The van der Waals surface area contributed by atoms with Gasteiger partial charge in [-0.25, -0.2) is 4.98 Å². The van der Waals surface area contributed by atoms with Crippen molar-refractivity contribution in [2.24, 2.45) is 0 Å². The predicted octanol–water partition coefficient (Wildman–Crippen LogP) is 3.04. The molecule has 0 atom stereocenters. The molecule has 0 saturated carbocycles. The molecule has 0 unspecified atom stereocenters. The Kier molecular flexibility index (Phi) is 2.93. The van der Waals surface area contributed by atoms with E-state index >= 15 is 0 Å². The number of rotatable bonds is 2. The van der Waals surface area contributed by atoms with Crippen LogP contribution in [0.4, 0.5) is 13.2 Å². The SMILES string of the molecule is O=Cc1ncc(-c2cncc(C(F)(F)F)c2)s1. The molecule has 0 aromatic carbocycles. The van der Waals surface area contributed by atoms with E-state index in [0.717, 1.165) is 23.6 Å². The van der Waals surface area contributed by atoms with Crippen LogP contribution in [0.15, 0.2) is 24.7 Å². The molecule has 0 spiro atoms. The van der Waals surface area contributed by atoms with Gasteiger partial charge in [-0.3, -0.25) is 9.78 Å². The van der Waals surface area contributed by atoms with Gasteiger partial charge in [0.05, 0.1) is 10.4 Å². The Morgan fingerprint density at radius 1 is 1.24 bits per heavy atom. The molecule has 2 rings (SSSR count). The first-order valence-electron chi connectivity index (χ1n) is 4.44. The van der Waals surface area contributed by atoms with E-state index in [2.05, 4.69) is 9.97 Å². The van der Waals surface area contributed by atoms with Crippen LogP contribution in [-0.2, 0) is 6.18 Å². The number of nitrogens with zero attached hydrogens (tertiary/aromatic N) is 2. The monoisotopic (exact) mass is 258 g/mol. The lowest BCUT2D eigenvalue weighted by Crippen LogP contribution is -2.05. The summed E-state index contributed by atoms with van der Waals surface area (Å²) >= 11 is 1.02. The Morgan fingerprint density at radius 3 is 2.59 bits per heavy atom. The summed E-state index contributed by atoms with van der Waals surface area (Å²) in [4.78, 5) is 18.2. The summed E-state index contributed by atoms with van der Waals surface area (Å²) in [6.45, 7) is 0. The number of carbonyl (C=O) groups excluding carboxylic acids is 1. The van der Waals surface area contributed by atoms with Gasteiger partial charge in [0.2, 0.25) is 0 Å². The number of alkyl halides is 3.